The molecule has 0 saturated carbocycles. The molecule has 1 heterocycles. The molecule has 0 aliphatic carbocycles. The van der Waals surface area contributed by atoms with Gasteiger partial charge in [-0.15, -0.1) is 0 Å². The minimum Gasteiger partial charge on any atom is -0.365 e. The van der Waals surface area contributed by atoms with Crippen LogP contribution in [0.1, 0.15) is 39.2 Å². The van der Waals surface area contributed by atoms with Crippen molar-refractivity contribution in [3.63, 3.8) is 0 Å². The first-order valence-corrected chi connectivity index (χ1v) is 8.20. The lowest BCUT2D eigenvalue weighted by Crippen LogP contribution is -2.58. The summed E-state index contributed by atoms with van der Waals surface area (Å²) in [4.78, 5) is 2.56. The number of aryl methyl sites for hydroxylation is 1. The summed E-state index contributed by atoms with van der Waals surface area (Å²) in [6.45, 7) is 11.2. The van der Waals surface area contributed by atoms with Crippen molar-refractivity contribution in [2.45, 2.75) is 52.6 Å². The minimum atomic E-state index is 0.562. The Kier molecular flexibility index (Phi) is 5.34. The number of anilines is 1. The largest absolute Gasteiger partial charge is 0.365 e. The average Bonchev–Trinajstić information content (AvgIpc) is 2.48. The summed E-state index contributed by atoms with van der Waals surface area (Å²) in [5.41, 5.74) is 2.62. The standard InChI is InChI=1S/C17H27ClN2/c1-5-12(3)16-11-20(15(6-2)10-19-16)17-9-14(18)8-7-13(17)4/h7-9,12,15-16,19H,5-6,10-11H2,1-4H3. The van der Waals surface area contributed by atoms with Gasteiger partial charge in [0.05, 0.1) is 0 Å². The van der Waals surface area contributed by atoms with Crippen LogP contribution in [0.15, 0.2) is 18.2 Å². The highest BCUT2D eigenvalue weighted by Gasteiger charge is 2.30. The van der Waals surface area contributed by atoms with E-state index < -0.39 is 0 Å². The molecule has 2 rings (SSSR count). The summed E-state index contributed by atoms with van der Waals surface area (Å²) in [5.74, 6) is 0.704. The number of nitrogens with one attached hydrogen (secondary N) is 1. The van der Waals surface area contributed by atoms with Crippen molar-refractivity contribution in [3.8, 4) is 0 Å². The Balaban J connectivity index is 2.26. The van der Waals surface area contributed by atoms with Crippen LogP contribution in [0.5, 0.6) is 0 Å². The summed E-state index contributed by atoms with van der Waals surface area (Å²) in [6.07, 6.45) is 2.38. The molecule has 1 aliphatic rings. The second-order valence-corrected chi connectivity index (χ2v) is 6.48. The quantitative estimate of drug-likeness (QED) is 0.893. The molecule has 3 heteroatoms. The zero-order valence-corrected chi connectivity index (χ0v) is 13.9. The van der Waals surface area contributed by atoms with Gasteiger partial charge in [0.25, 0.3) is 0 Å². The fourth-order valence-electron chi connectivity index (χ4n) is 3.04. The van der Waals surface area contributed by atoms with Crippen LogP contribution in [0.2, 0.25) is 5.02 Å². The smallest absolute Gasteiger partial charge is 0.0426 e. The number of hydrogen-bond acceptors (Lipinski definition) is 2. The van der Waals surface area contributed by atoms with Crippen LogP contribution in [-0.4, -0.2) is 25.2 Å². The molecule has 0 radical (unpaired) electrons. The maximum Gasteiger partial charge on any atom is 0.0426 e. The van der Waals surface area contributed by atoms with Crippen molar-refractivity contribution in [2.24, 2.45) is 5.92 Å². The van der Waals surface area contributed by atoms with Crippen LogP contribution < -0.4 is 10.2 Å². The predicted octanol–water partition coefficient (Wildman–Crippen LogP) is 4.25. The molecule has 0 bridgehead atoms. The van der Waals surface area contributed by atoms with E-state index in [0.29, 0.717) is 18.0 Å². The van der Waals surface area contributed by atoms with E-state index in [-0.39, 0.29) is 0 Å². The van der Waals surface area contributed by atoms with E-state index in [9.17, 15) is 0 Å². The fourth-order valence-corrected chi connectivity index (χ4v) is 3.21. The number of halogens is 1. The number of rotatable bonds is 4. The molecule has 20 heavy (non-hydrogen) atoms. The van der Waals surface area contributed by atoms with Gasteiger partial charge in [-0.1, -0.05) is 44.9 Å². The first-order chi connectivity index (χ1) is 9.56. The predicted molar refractivity (Wildman–Crippen MR) is 88.9 cm³/mol. The van der Waals surface area contributed by atoms with Gasteiger partial charge in [-0.2, -0.15) is 0 Å². The van der Waals surface area contributed by atoms with Crippen LogP contribution in [0.25, 0.3) is 0 Å². The summed E-state index contributed by atoms with van der Waals surface area (Å²) in [7, 11) is 0. The number of benzene rings is 1. The first kappa shape index (κ1) is 15.7. The van der Waals surface area contributed by atoms with Crippen molar-refractivity contribution in [2.75, 3.05) is 18.0 Å². The van der Waals surface area contributed by atoms with Crippen molar-refractivity contribution < 1.29 is 0 Å². The Morgan fingerprint density at radius 2 is 2.15 bits per heavy atom. The van der Waals surface area contributed by atoms with E-state index in [2.05, 4.69) is 50.0 Å². The molecule has 0 spiro atoms. The molecule has 1 aliphatic heterocycles. The topological polar surface area (TPSA) is 15.3 Å². The molecule has 1 aromatic rings. The van der Waals surface area contributed by atoms with Crippen LogP contribution in [0.3, 0.4) is 0 Å². The van der Waals surface area contributed by atoms with Gasteiger partial charge in [0.15, 0.2) is 0 Å². The third-order valence-electron chi connectivity index (χ3n) is 4.73. The zero-order chi connectivity index (χ0) is 14.7. The maximum atomic E-state index is 6.21. The number of nitrogens with zero attached hydrogens (tertiary/aromatic N) is 1. The Bertz CT molecular complexity index is 447. The van der Waals surface area contributed by atoms with E-state index in [1.165, 1.54) is 17.7 Å². The second kappa shape index (κ2) is 6.82. The number of hydrogen-bond donors (Lipinski definition) is 1. The van der Waals surface area contributed by atoms with Gasteiger partial charge in [-0.3, -0.25) is 0 Å². The molecule has 3 unspecified atom stereocenters. The Hall–Kier alpha value is -0.730. The molecule has 1 aromatic carbocycles. The van der Waals surface area contributed by atoms with Gasteiger partial charge in [0.1, 0.15) is 0 Å². The molecular weight excluding hydrogens is 268 g/mol. The van der Waals surface area contributed by atoms with E-state index in [0.717, 1.165) is 24.5 Å². The van der Waals surface area contributed by atoms with Crippen molar-refractivity contribution in [1.29, 1.82) is 0 Å². The summed E-state index contributed by atoms with van der Waals surface area (Å²) in [6, 6.07) is 7.37. The number of piperazine rings is 1. The zero-order valence-electron chi connectivity index (χ0n) is 13.1. The van der Waals surface area contributed by atoms with Gasteiger partial charge in [0, 0.05) is 35.9 Å². The molecule has 3 atom stereocenters. The van der Waals surface area contributed by atoms with E-state index >= 15 is 0 Å². The van der Waals surface area contributed by atoms with E-state index in [1.54, 1.807) is 0 Å². The summed E-state index contributed by atoms with van der Waals surface area (Å²) < 4.78 is 0. The van der Waals surface area contributed by atoms with E-state index in [4.69, 9.17) is 11.6 Å². The SMILES string of the molecule is CCC(C)C1CN(c2cc(Cl)ccc2C)C(CC)CN1. The van der Waals surface area contributed by atoms with Gasteiger partial charge >= 0.3 is 0 Å². The Labute approximate surface area is 128 Å². The van der Waals surface area contributed by atoms with Gasteiger partial charge < -0.3 is 10.2 Å². The summed E-state index contributed by atoms with van der Waals surface area (Å²) in [5, 5.41) is 4.56. The first-order valence-electron chi connectivity index (χ1n) is 7.83. The van der Waals surface area contributed by atoms with Crippen LogP contribution in [-0.2, 0) is 0 Å². The van der Waals surface area contributed by atoms with Crippen LogP contribution in [0.4, 0.5) is 5.69 Å². The van der Waals surface area contributed by atoms with Gasteiger partial charge in [-0.05, 0) is 37.0 Å². The highest BCUT2D eigenvalue weighted by atomic mass is 35.5. The Morgan fingerprint density at radius 1 is 1.40 bits per heavy atom. The molecule has 0 amide bonds. The van der Waals surface area contributed by atoms with Gasteiger partial charge in [-0.25, -0.2) is 0 Å². The summed E-state index contributed by atoms with van der Waals surface area (Å²) >= 11 is 6.21. The molecule has 1 N–H and O–H groups in total. The Morgan fingerprint density at radius 3 is 2.80 bits per heavy atom. The van der Waals surface area contributed by atoms with Gasteiger partial charge in [0.2, 0.25) is 0 Å². The van der Waals surface area contributed by atoms with Crippen molar-refractivity contribution in [3.05, 3.63) is 28.8 Å². The van der Waals surface area contributed by atoms with E-state index in [1.807, 2.05) is 6.07 Å². The lowest BCUT2D eigenvalue weighted by Gasteiger charge is -2.44. The lowest BCUT2D eigenvalue weighted by atomic mass is 9.94. The molecule has 2 nitrogen and oxygen atoms in total. The van der Waals surface area contributed by atoms with Crippen molar-refractivity contribution in [1.82, 2.24) is 5.32 Å². The normalized spacial score (nSPS) is 24.8. The molecular formula is C17H27ClN2. The third kappa shape index (κ3) is 3.29. The minimum absolute atomic E-state index is 0.562. The van der Waals surface area contributed by atoms with Crippen LogP contribution >= 0.6 is 11.6 Å². The van der Waals surface area contributed by atoms with Crippen LogP contribution in [0, 0.1) is 12.8 Å². The third-order valence-corrected chi connectivity index (χ3v) is 4.97. The molecule has 0 aromatic heterocycles. The maximum absolute atomic E-state index is 6.21. The average molecular weight is 295 g/mol. The second-order valence-electron chi connectivity index (χ2n) is 6.05. The lowest BCUT2D eigenvalue weighted by molar-refractivity contribution is 0.306. The highest BCUT2D eigenvalue weighted by Crippen LogP contribution is 2.29. The monoisotopic (exact) mass is 294 g/mol. The highest BCUT2D eigenvalue weighted by molar-refractivity contribution is 6.30. The van der Waals surface area contributed by atoms with Crippen molar-refractivity contribution >= 4 is 17.3 Å². The fraction of sp³-hybridized carbons (Fsp3) is 0.647. The molecule has 1 fully saturated rings. The molecule has 112 valence electrons. The molecule has 1 saturated heterocycles.